The number of aromatic nitrogens is 3. The summed E-state index contributed by atoms with van der Waals surface area (Å²) in [5.74, 6) is 0.864. The number of carbonyl (C=O) groups is 1. The third kappa shape index (κ3) is 2.41. The Bertz CT molecular complexity index is 949. The molecule has 0 saturated heterocycles. The third-order valence-electron chi connectivity index (χ3n) is 4.88. The van der Waals surface area contributed by atoms with Crippen molar-refractivity contribution in [2.45, 2.75) is 12.8 Å². The number of benzene rings is 1. The maximum atomic E-state index is 12.6. The number of fused-ring (bicyclic) bond motifs is 2. The highest BCUT2D eigenvalue weighted by atomic mass is 16.5. The van der Waals surface area contributed by atoms with Gasteiger partial charge in [0.25, 0.3) is 0 Å². The summed E-state index contributed by atoms with van der Waals surface area (Å²) in [6.07, 6.45) is 3.53. The van der Waals surface area contributed by atoms with E-state index in [0.717, 1.165) is 33.7 Å². The van der Waals surface area contributed by atoms with Gasteiger partial charge in [-0.25, -0.2) is 4.98 Å². The zero-order chi connectivity index (χ0) is 17.6. The summed E-state index contributed by atoms with van der Waals surface area (Å²) in [5, 5.41) is 0. The Balaban J connectivity index is 1.86. The number of amides is 1. The molecule has 0 saturated carbocycles. The van der Waals surface area contributed by atoms with Crippen LogP contribution in [-0.4, -0.2) is 40.7 Å². The van der Waals surface area contributed by atoms with Crippen molar-refractivity contribution in [2.24, 2.45) is 7.05 Å². The van der Waals surface area contributed by atoms with Crippen LogP contribution in [0.4, 0.5) is 5.69 Å². The summed E-state index contributed by atoms with van der Waals surface area (Å²) in [6.45, 7) is 3.03. The zero-order valence-corrected chi connectivity index (χ0v) is 14.6. The molecule has 0 bridgehead atoms. The van der Waals surface area contributed by atoms with E-state index in [1.807, 2.05) is 37.1 Å². The van der Waals surface area contributed by atoms with E-state index in [2.05, 4.69) is 15.6 Å². The van der Waals surface area contributed by atoms with Crippen LogP contribution < -0.4 is 4.90 Å². The van der Waals surface area contributed by atoms with Crippen LogP contribution in [0.25, 0.3) is 22.4 Å². The molecule has 3 heterocycles. The van der Waals surface area contributed by atoms with Crippen LogP contribution in [0.2, 0.25) is 0 Å². The molecule has 1 aliphatic rings. The number of anilines is 1. The van der Waals surface area contributed by atoms with Gasteiger partial charge in [-0.15, -0.1) is 0 Å². The van der Waals surface area contributed by atoms with Crippen molar-refractivity contribution in [3.05, 3.63) is 42.2 Å². The fraction of sp³-hybridized carbons (Fsp3) is 0.316. The van der Waals surface area contributed by atoms with Crippen LogP contribution in [0.1, 0.15) is 18.4 Å². The first-order chi connectivity index (χ1) is 12.1. The maximum Gasteiger partial charge on any atom is 0.234 e. The van der Waals surface area contributed by atoms with E-state index >= 15 is 0 Å². The monoisotopic (exact) mass is 336 g/mol. The summed E-state index contributed by atoms with van der Waals surface area (Å²) >= 11 is 0. The van der Waals surface area contributed by atoms with Gasteiger partial charge in [-0.3, -0.25) is 9.78 Å². The molecule has 0 spiro atoms. The minimum absolute atomic E-state index is 0.122. The largest absolute Gasteiger partial charge is 0.383 e. The van der Waals surface area contributed by atoms with Crippen LogP contribution in [-0.2, 0) is 16.6 Å². The van der Waals surface area contributed by atoms with Crippen molar-refractivity contribution < 1.29 is 9.53 Å². The quantitative estimate of drug-likeness (QED) is 0.735. The Kier molecular flexibility index (Phi) is 3.77. The summed E-state index contributed by atoms with van der Waals surface area (Å²) in [5.41, 5.74) is 4.93. The smallest absolute Gasteiger partial charge is 0.234 e. The SMILES string of the molecule is COCCN1C(=O)C(C)c2cc3nc(-c4ccncc4)n(C)c3cc21. The van der Waals surface area contributed by atoms with Crippen molar-refractivity contribution in [2.75, 3.05) is 25.2 Å². The standard InChI is InChI=1S/C19H20N4O2/c1-12-14-10-15-17(11-16(14)23(19(12)24)8-9-25-3)22(2)18(21-15)13-4-6-20-7-5-13/h4-7,10-12H,8-9H2,1-3H3. The zero-order valence-electron chi connectivity index (χ0n) is 14.6. The second-order valence-electron chi connectivity index (χ2n) is 6.33. The first kappa shape index (κ1) is 15.8. The highest BCUT2D eigenvalue weighted by molar-refractivity contribution is 6.07. The second-order valence-corrected chi connectivity index (χ2v) is 6.33. The molecular weight excluding hydrogens is 316 g/mol. The first-order valence-electron chi connectivity index (χ1n) is 8.33. The first-order valence-corrected chi connectivity index (χ1v) is 8.33. The van der Waals surface area contributed by atoms with Gasteiger partial charge in [0.2, 0.25) is 5.91 Å². The lowest BCUT2D eigenvalue weighted by atomic mass is 10.0. The topological polar surface area (TPSA) is 60.2 Å². The van der Waals surface area contributed by atoms with E-state index in [-0.39, 0.29) is 11.8 Å². The van der Waals surface area contributed by atoms with Gasteiger partial charge in [0.15, 0.2) is 0 Å². The van der Waals surface area contributed by atoms with Gasteiger partial charge < -0.3 is 14.2 Å². The van der Waals surface area contributed by atoms with E-state index in [1.54, 1.807) is 19.5 Å². The van der Waals surface area contributed by atoms with Crippen LogP contribution >= 0.6 is 0 Å². The normalized spacial score (nSPS) is 16.7. The summed E-state index contributed by atoms with van der Waals surface area (Å²) in [7, 11) is 3.65. The number of imidazole rings is 1. The molecule has 1 aliphatic heterocycles. The van der Waals surface area contributed by atoms with Crippen LogP contribution in [0, 0.1) is 0 Å². The number of carbonyl (C=O) groups excluding carboxylic acids is 1. The molecule has 0 N–H and O–H groups in total. The molecule has 128 valence electrons. The fourth-order valence-corrected chi connectivity index (χ4v) is 3.48. The molecule has 0 radical (unpaired) electrons. The molecule has 3 aromatic rings. The molecule has 1 atom stereocenters. The van der Waals surface area contributed by atoms with Gasteiger partial charge in [-0.05, 0) is 36.8 Å². The number of nitrogens with zero attached hydrogens (tertiary/aromatic N) is 4. The van der Waals surface area contributed by atoms with Crippen molar-refractivity contribution in [1.29, 1.82) is 0 Å². The number of methoxy groups -OCH3 is 1. The third-order valence-corrected chi connectivity index (χ3v) is 4.88. The molecule has 4 rings (SSSR count). The van der Waals surface area contributed by atoms with Gasteiger partial charge in [-0.1, -0.05) is 0 Å². The lowest BCUT2D eigenvalue weighted by Crippen LogP contribution is -2.31. The molecule has 0 fully saturated rings. The predicted octanol–water partition coefficient (Wildman–Crippen LogP) is 2.73. The van der Waals surface area contributed by atoms with E-state index < -0.39 is 0 Å². The number of hydrogen-bond donors (Lipinski definition) is 0. The second kappa shape index (κ2) is 5.97. The number of ether oxygens (including phenoxy) is 1. The highest BCUT2D eigenvalue weighted by Gasteiger charge is 2.34. The molecule has 0 aliphatic carbocycles. The number of pyridine rings is 1. The number of aryl methyl sites for hydroxylation is 1. The van der Waals surface area contributed by atoms with Gasteiger partial charge >= 0.3 is 0 Å². The van der Waals surface area contributed by atoms with Gasteiger partial charge in [0.1, 0.15) is 5.82 Å². The minimum Gasteiger partial charge on any atom is -0.383 e. The number of rotatable bonds is 4. The minimum atomic E-state index is -0.150. The molecule has 1 amide bonds. The van der Waals surface area contributed by atoms with E-state index in [0.29, 0.717) is 13.2 Å². The van der Waals surface area contributed by atoms with Crippen LogP contribution in [0.5, 0.6) is 0 Å². The Morgan fingerprint density at radius 2 is 2.00 bits per heavy atom. The van der Waals surface area contributed by atoms with Gasteiger partial charge in [0, 0.05) is 44.3 Å². The van der Waals surface area contributed by atoms with Crippen molar-refractivity contribution in [3.8, 4) is 11.4 Å². The highest BCUT2D eigenvalue weighted by Crippen LogP contribution is 2.40. The molecule has 6 nitrogen and oxygen atoms in total. The average molecular weight is 336 g/mol. The molecule has 1 aromatic carbocycles. The Morgan fingerprint density at radius 3 is 2.72 bits per heavy atom. The van der Waals surface area contributed by atoms with E-state index in [9.17, 15) is 4.79 Å². The van der Waals surface area contributed by atoms with Crippen LogP contribution in [0.15, 0.2) is 36.7 Å². The van der Waals surface area contributed by atoms with Crippen molar-refractivity contribution in [1.82, 2.24) is 14.5 Å². The molecular formula is C19H20N4O2. The van der Waals surface area contributed by atoms with Crippen molar-refractivity contribution >= 4 is 22.6 Å². The predicted molar refractivity (Wildman–Crippen MR) is 96.6 cm³/mol. The van der Waals surface area contributed by atoms with Gasteiger partial charge in [0.05, 0.1) is 23.6 Å². The van der Waals surface area contributed by atoms with E-state index in [4.69, 9.17) is 9.72 Å². The van der Waals surface area contributed by atoms with Crippen LogP contribution in [0.3, 0.4) is 0 Å². The Hall–Kier alpha value is -2.73. The lowest BCUT2D eigenvalue weighted by Gasteiger charge is -2.17. The molecule has 25 heavy (non-hydrogen) atoms. The average Bonchev–Trinajstić information content (AvgIpc) is 3.08. The van der Waals surface area contributed by atoms with E-state index in [1.165, 1.54) is 0 Å². The maximum absolute atomic E-state index is 12.6. The summed E-state index contributed by atoms with van der Waals surface area (Å²) in [4.78, 5) is 23.3. The molecule has 1 unspecified atom stereocenters. The lowest BCUT2D eigenvalue weighted by molar-refractivity contribution is -0.119. The van der Waals surface area contributed by atoms with Crippen molar-refractivity contribution in [3.63, 3.8) is 0 Å². The molecule has 6 heteroatoms. The van der Waals surface area contributed by atoms with Gasteiger partial charge in [-0.2, -0.15) is 0 Å². The summed E-state index contributed by atoms with van der Waals surface area (Å²) < 4.78 is 7.22. The Morgan fingerprint density at radius 1 is 1.24 bits per heavy atom. The molecule has 2 aromatic heterocycles. The fourth-order valence-electron chi connectivity index (χ4n) is 3.48. The number of hydrogen-bond acceptors (Lipinski definition) is 4. The summed E-state index contributed by atoms with van der Waals surface area (Å²) in [6, 6.07) is 8.02. The Labute approximate surface area is 146 Å².